The summed E-state index contributed by atoms with van der Waals surface area (Å²) in [5.74, 6) is 0.738. The lowest BCUT2D eigenvalue weighted by Gasteiger charge is -2.23. The molecule has 1 heterocycles. The number of hydrogen-bond donors (Lipinski definition) is 0. The molecule has 30 heavy (non-hydrogen) atoms. The van der Waals surface area contributed by atoms with Crippen LogP contribution in [0.5, 0.6) is 5.75 Å². The third-order valence-electron chi connectivity index (χ3n) is 4.98. The zero-order valence-corrected chi connectivity index (χ0v) is 17.7. The average Bonchev–Trinajstić information content (AvgIpc) is 3.08. The topological polar surface area (TPSA) is 29.5 Å². The fourth-order valence-corrected chi connectivity index (χ4v) is 3.67. The fourth-order valence-electron chi connectivity index (χ4n) is 3.51. The Hall–Kier alpha value is -3.30. The molecule has 4 rings (SSSR count). The highest BCUT2D eigenvalue weighted by molar-refractivity contribution is 6.31. The van der Waals surface area contributed by atoms with Gasteiger partial charge in [0, 0.05) is 10.6 Å². The van der Waals surface area contributed by atoms with Gasteiger partial charge in [-0.2, -0.15) is 0 Å². The van der Waals surface area contributed by atoms with Crippen LogP contribution in [0.1, 0.15) is 23.6 Å². The van der Waals surface area contributed by atoms with E-state index in [1.54, 1.807) is 4.90 Å². The van der Waals surface area contributed by atoms with E-state index in [9.17, 15) is 4.79 Å². The molecule has 0 spiro atoms. The van der Waals surface area contributed by atoms with Gasteiger partial charge in [-0.15, -0.1) is 0 Å². The lowest BCUT2D eigenvalue weighted by atomic mass is 10.1. The summed E-state index contributed by atoms with van der Waals surface area (Å²) in [5, 5.41) is 0.597. The first-order valence-corrected chi connectivity index (χ1v) is 10.3. The largest absolute Gasteiger partial charge is 0.494 e. The maximum Gasteiger partial charge on any atom is 0.262 e. The van der Waals surface area contributed by atoms with E-state index in [0.717, 1.165) is 33.8 Å². The number of amides is 1. The maximum absolute atomic E-state index is 13.5. The van der Waals surface area contributed by atoms with Crippen molar-refractivity contribution in [1.82, 2.24) is 0 Å². The summed E-state index contributed by atoms with van der Waals surface area (Å²) in [4.78, 5) is 15.2. The van der Waals surface area contributed by atoms with Gasteiger partial charge in [0.1, 0.15) is 5.75 Å². The van der Waals surface area contributed by atoms with Crippen LogP contribution in [0.3, 0.4) is 0 Å². The smallest absolute Gasteiger partial charge is 0.262 e. The Morgan fingerprint density at radius 1 is 1.00 bits per heavy atom. The molecule has 150 valence electrons. The SMILES string of the molecule is CCOc1ccc(/C=C2\C=C(c3ccccc3)N(c3cc(Cl)ccc3C)C2=O)cc1. The van der Waals surface area contributed by atoms with Crippen molar-refractivity contribution >= 4 is 35.0 Å². The Kier molecular flexibility index (Phi) is 5.73. The minimum atomic E-state index is -0.0758. The number of ether oxygens (including phenoxy) is 1. The first-order valence-electron chi connectivity index (χ1n) is 9.89. The summed E-state index contributed by atoms with van der Waals surface area (Å²) in [5.41, 5.74) is 5.14. The zero-order valence-electron chi connectivity index (χ0n) is 16.9. The zero-order chi connectivity index (χ0) is 21.1. The van der Waals surface area contributed by atoms with Crippen LogP contribution in [0.2, 0.25) is 5.02 Å². The molecule has 0 fully saturated rings. The normalized spacial score (nSPS) is 14.9. The van der Waals surface area contributed by atoms with E-state index >= 15 is 0 Å². The third kappa shape index (κ3) is 4.03. The van der Waals surface area contributed by atoms with Gasteiger partial charge in [-0.1, -0.05) is 60.1 Å². The standard InChI is InChI=1S/C26H22ClNO2/c1-3-30-23-13-10-19(11-14-23)15-21-16-25(20-7-5-4-6-8-20)28(26(21)29)24-17-22(27)12-9-18(24)2/h4-17H,3H2,1-2H3/b21-15+. The van der Waals surface area contributed by atoms with Gasteiger partial charge in [0.15, 0.2) is 0 Å². The van der Waals surface area contributed by atoms with Gasteiger partial charge in [-0.3, -0.25) is 9.69 Å². The van der Waals surface area contributed by atoms with Crippen molar-refractivity contribution in [2.45, 2.75) is 13.8 Å². The van der Waals surface area contributed by atoms with Crippen molar-refractivity contribution in [2.75, 3.05) is 11.5 Å². The Morgan fingerprint density at radius 3 is 2.43 bits per heavy atom. The second-order valence-electron chi connectivity index (χ2n) is 7.07. The lowest BCUT2D eigenvalue weighted by molar-refractivity contribution is -0.113. The summed E-state index contributed by atoms with van der Waals surface area (Å²) in [6.45, 7) is 4.56. The predicted octanol–water partition coefficient (Wildman–Crippen LogP) is 6.52. The molecule has 1 amide bonds. The molecule has 3 nitrogen and oxygen atoms in total. The monoisotopic (exact) mass is 415 g/mol. The molecule has 0 saturated heterocycles. The Labute approximate surface area is 181 Å². The number of benzene rings is 3. The summed E-state index contributed by atoms with van der Waals surface area (Å²) < 4.78 is 5.51. The molecule has 0 N–H and O–H groups in total. The average molecular weight is 416 g/mol. The van der Waals surface area contributed by atoms with Crippen molar-refractivity contribution in [2.24, 2.45) is 0 Å². The van der Waals surface area contributed by atoms with Crippen LogP contribution in [0.15, 0.2) is 84.4 Å². The highest BCUT2D eigenvalue weighted by Crippen LogP contribution is 2.37. The van der Waals surface area contributed by atoms with Crippen molar-refractivity contribution in [3.8, 4) is 5.75 Å². The molecule has 0 atom stereocenters. The van der Waals surface area contributed by atoms with Gasteiger partial charge < -0.3 is 4.74 Å². The first kappa shape index (κ1) is 20.0. The number of hydrogen-bond acceptors (Lipinski definition) is 2. The number of rotatable bonds is 5. The molecule has 1 aliphatic rings. The van der Waals surface area contributed by atoms with Gasteiger partial charge in [-0.25, -0.2) is 0 Å². The third-order valence-corrected chi connectivity index (χ3v) is 5.21. The summed E-state index contributed by atoms with van der Waals surface area (Å²) >= 11 is 6.26. The predicted molar refractivity (Wildman–Crippen MR) is 124 cm³/mol. The molecule has 3 aromatic carbocycles. The highest BCUT2D eigenvalue weighted by Gasteiger charge is 2.31. The van der Waals surface area contributed by atoms with E-state index in [2.05, 4.69) is 0 Å². The molecule has 0 bridgehead atoms. The molecular formula is C26H22ClNO2. The van der Waals surface area contributed by atoms with Crippen LogP contribution in [0.25, 0.3) is 11.8 Å². The van der Waals surface area contributed by atoms with Crippen LogP contribution >= 0.6 is 11.6 Å². The van der Waals surface area contributed by atoms with Crippen LogP contribution in [0.4, 0.5) is 5.69 Å². The quantitative estimate of drug-likeness (QED) is 0.444. The molecule has 0 saturated carbocycles. The molecule has 4 heteroatoms. The molecule has 0 unspecified atom stereocenters. The van der Waals surface area contributed by atoms with Crippen LogP contribution < -0.4 is 9.64 Å². The van der Waals surface area contributed by atoms with Crippen molar-refractivity contribution in [3.63, 3.8) is 0 Å². The minimum Gasteiger partial charge on any atom is -0.494 e. The lowest BCUT2D eigenvalue weighted by Crippen LogP contribution is -2.25. The number of anilines is 1. The summed E-state index contributed by atoms with van der Waals surface area (Å²) in [6.07, 6.45) is 3.84. The van der Waals surface area contributed by atoms with E-state index in [-0.39, 0.29) is 5.91 Å². The van der Waals surface area contributed by atoms with Gasteiger partial charge >= 0.3 is 0 Å². The van der Waals surface area contributed by atoms with Crippen LogP contribution in [0, 0.1) is 6.92 Å². The Morgan fingerprint density at radius 2 is 1.73 bits per heavy atom. The molecule has 1 aliphatic heterocycles. The molecular weight excluding hydrogens is 394 g/mol. The van der Waals surface area contributed by atoms with Gasteiger partial charge in [0.05, 0.1) is 18.0 Å². The van der Waals surface area contributed by atoms with Crippen molar-refractivity contribution < 1.29 is 9.53 Å². The number of aryl methyl sites for hydroxylation is 1. The summed E-state index contributed by atoms with van der Waals surface area (Å²) in [6, 6.07) is 23.3. The van der Waals surface area contributed by atoms with Gasteiger partial charge in [0.2, 0.25) is 0 Å². The fraction of sp³-hybridized carbons (Fsp3) is 0.115. The van der Waals surface area contributed by atoms with Gasteiger partial charge in [0.25, 0.3) is 5.91 Å². The second-order valence-corrected chi connectivity index (χ2v) is 7.51. The van der Waals surface area contributed by atoms with E-state index in [0.29, 0.717) is 17.2 Å². The maximum atomic E-state index is 13.5. The van der Waals surface area contributed by atoms with Gasteiger partial charge in [-0.05, 0) is 67.0 Å². The number of nitrogens with zero attached hydrogens (tertiary/aromatic N) is 1. The van der Waals surface area contributed by atoms with E-state index in [1.165, 1.54) is 0 Å². The molecule has 0 aliphatic carbocycles. The second kappa shape index (κ2) is 8.60. The van der Waals surface area contributed by atoms with Crippen molar-refractivity contribution in [3.05, 3.63) is 106 Å². The molecule has 3 aromatic rings. The summed E-state index contributed by atoms with van der Waals surface area (Å²) in [7, 11) is 0. The Bertz CT molecular complexity index is 1130. The van der Waals surface area contributed by atoms with E-state index < -0.39 is 0 Å². The van der Waals surface area contributed by atoms with Crippen LogP contribution in [-0.4, -0.2) is 12.5 Å². The van der Waals surface area contributed by atoms with E-state index in [1.807, 2.05) is 98.8 Å². The highest BCUT2D eigenvalue weighted by atomic mass is 35.5. The number of carbonyl (C=O) groups is 1. The molecule has 0 radical (unpaired) electrons. The minimum absolute atomic E-state index is 0.0758. The van der Waals surface area contributed by atoms with Crippen molar-refractivity contribution in [1.29, 1.82) is 0 Å². The number of carbonyl (C=O) groups excluding carboxylic acids is 1. The number of halogens is 1. The molecule has 0 aromatic heterocycles. The first-order chi connectivity index (χ1) is 14.6. The van der Waals surface area contributed by atoms with Crippen LogP contribution in [-0.2, 0) is 4.79 Å². The Balaban J connectivity index is 1.78. The van der Waals surface area contributed by atoms with E-state index in [4.69, 9.17) is 16.3 Å².